The van der Waals surface area contributed by atoms with Crippen LogP contribution >= 0.6 is 0 Å². The van der Waals surface area contributed by atoms with E-state index >= 15 is 0 Å². The summed E-state index contributed by atoms with van der Waals surface area (Å²) >= 11 is 0. The summed E-state index contributed by atoms with van der Waals surface area (Å²) in [5, 5.41) is 0. The number of nitrogens with zero attached hydrogens (tertiary/aromatic N) is 4. The van der Waals surface area contributed by atoms with E-state index in [1.807, 2.05) is 0 Å². The van der Waals surface area contributed by atoms with Gasteiger partial charge in [0.1, 0.15) is 44.8 Å². The van der Waals surface area contributed by atoms with Crippen LogP contribution in [-0.4, -0.2) is 109 Å². The van der Waals surface area contributed by atoms with Crippen LogP contribution in [0.4, 0.5) is 0 Å². The van der Waals surface area contributed by atoms with Gasteiger partial charge >= 0.3 is 0 Å². The Bertz CT molecular complexity index is 539. The number of hydrogen-bond acceptors (Lipinski definition) is 4. The average Bonchev–Trinajstić information content (AvgIpc) is 2.69. The summed E-state index contributed by atoms with van der Waals surface area (Å²) in [7, 11) is -2.24. The van der Waals surface area contributed by atoms with Crippen molar-refractivity contribution in [3.05, 3.63) is 49.1 Å². The average molecular weight is 499 g/mol. The smallest absolute Gasteiger partial charge is 0.146 e. The molecule has 0 rings (SSSR count). The molecule has 0 atom stereocenters. The molecule has 9 heteroatoms. The van der Waals surface area contributed by atoms with E-state index in [1.54, 1.807) is 0 Å². The fourth-order valence-electron chi connectivity index (χ4n) is 3.26. The molecule has 0 fully saturated rings. The van der Waals surface area contributed by atoms with Crippen molar-refractivity contribution in [3.8, 4) is 0 Å². The zero-order valence-electron chi connectivity index (χ0n) is 21.2. The Balaban J connectivity index is 4.89. The molecule has 0 aliphatic rings. The summed E-state index contributed by atoms with van der Waals surface area (Å²) in [6, 6.07) is 0. The van der Waals surface area contributed by atoms with Gasteiger partial charge in [-0.2, -0.15) is 0 Å². The summed E-state index contributed by atoms with van der Waals surface area (Å²) in [6.07, 6.45) is 0. The van der Waals surface area contributed by atoms with Crippen LogP contribution in [0.1, 0.15) is 0 Å². The molecule has 0 aromatic heterocycles. The molecule has 0 spiro atoms. The van der Waals surface area contributed by atoms with Gasteiger partial charge in [-0.1, -0.05) is 62.1 Å². The zero-order valence-corrected chi connectivity index (χ0v) is 27.1. The van der Waals surface area contributed by atoms with Crippen LogP contribution < -0.4 is 0 Å². The summed E-state index contributed by atoms with van der Waals surface area (Å²) in [6.45, 7) is 37.8. The molecule has 4 nitrogen and oxygen atoms in total. The van der Waals surface area contributed by atoms with Crippen LogP contribution in [0.25, 0.3) is 0 Å². The Labute approximate surface area is 197 Å². The number of rotatable bonds is 18. The quantitative estimate of drug-likeness (QED) is 0.268. The molecule has 174 valence electrons. The third kappa shape index (κ3) is 11.0. The van der Waals surface area contributed by atoms with Crippen LogP contribution in [0, 0.1) is 0 Å². The first-order valence-corrected chi connectivity index (χ1v) is 23.1. The van der Waals surface area contributed by atoms with Gasteiger partial charge in [0.2, 0.25) is 0 Å². The molecule has 0 bridgehead atoms. The van der Waals surface area contributed by atoms with Gasteiger partial charge in [-0.25, -0.2) is 0 Å². The lowest BCUT2D eigenvalue weighted by molar-refractivity contribution is 0.334. The van der Waals surface area contributed by atoms with Crippen molar-refractivity contribution in [3.63, 3.8) is 0 Å². The maximum absolute atomic E-state index is 4.12. The highest BCUT2D eigenvalue weighted by molar-refractivity contribution is 6.84. The van der Waals surface area contributed by atoms with Gasteiger partial charge in [-0.05, 0) is 13.6 Å². The highest BCUT2D eigenvalue weighted by atomic mass is 28.4. The molecule has 0 unspecified atom stereocenters. The molecular formula is C21H50N4Si5. The van der Waals surface area contributed by atoms with Crippen molar-refractivity contribution >= 4 is 44.8 Å². The predicted octanol–water partition coefficient (Wildman–Crippen LogP) is 2.12. The van der Waals surface area contributed by atoms with Gasteiger partial charge < -0.3 is 17.9 Å². The number of likely N-dealkylation sites (N-methyl/N-ethyl adjacent to an activating group) is 1. The van der Waals surface area contributed by atoms with E-state index < -0.39 is 25.4 Å². The Morgan fingerprint density at radius 1 is 0.733 bits per heavy atom. The van der Waals surface area contributed by atoms with Gasteiger partial charge in [0, 0.05) is 32.7 Å². The van der Waals surface area contributed by atoms with Crippen molar-refractivity contribution in [1.29, 1.82) is 0 Å². The molecular weight excluding hydrogens is 449 g/mol. The van der Waals surface area contributed by atoms with Gasteiger partial charge in [0.15, 0.2) is 0 Å². The molecule has 0 N–H and O–H groups in total. The normalized spacial score (nSPS) is 13.7. The minimum Gasteiger partial charge on any atom is -0.343 e. The minimum atomic E-state index is -1.48. The van der Waals surface area contributed by atoms with E-state index in [9.17, 15) is 0 Å². The maximum atomic E-state index is 4.12. The van der Waals surface area contributed by atoms with Crippen LogP contribution in [0.5, 0.6) is 0 Å². The Morgan fingerprint density at radius 3 is 1.70 bits per heavy atom. The summed E-state index contributed by atoms with van der Waals surface area (Å²) < 4.78 is 10.8. The largest absolute Gasteiger partial charge is 0.343 e. The van der Waals surface area contributed by atoms with Gasteiger partial charge in [0.25, 0.3) is 0 Å². The Morgan fingerprint density at radius 2 is 1.23 bits per heavy atom. The third-order valence-corrected chi connectivity index (χ3v) is 19.8. The highest BCUT2D eigenvalue weighted by Crippen LogP contribution is 2.11. The second kappa shape index (κ2) is 14.9. The zero-order chi connectivity index (χ0) is 23.4. The monoisotopic (exact) mass is 498 g/mol. The molecule has 0 amide bonds. The fraction of sp³-hybridized carbons (Fsp3) is 0.619. The van der Waals surface area contributed by atoms with Crippen molar-refractivity contribution in [2.24, 2.45) is 0 Å². The summed E-state index contributed by atoms with van der Waals surface area (Å²) in [4.78, 5) is 0. The van der Waals surface area contributed by atoms with E-state index in [0.717, 1.165) is 13.1 Å². The van der Waals surface area contributed by atoms with E-state index in [1.165, 1.54) is 26.2 Å². The molecule has 0 saturated heterocycles. The predicted molar refractivity (Wildman–Crippen MR) is 154 cm³/mol. The molecule has 0 radical (unpaired) electrons. The second-order valence-corrected chi connectivity index (χ2v) is 25.5. The Kier molecular flexibility index (Phi) is 14.8. The van der Waals surface area contributed by atoms with E-state index in [4.69, 9.17) is 0 Å². The second-order valence-electron chi connectivity index (χ2n) is 9.59. The standard InChI is InChI=1S/C21H50N4Si5/c1-12-26-23(17-16-22(5)29(8,9)14-3)18-19-24(28(6)7)20-21-25(27-13-2)30(10,11)15-4/h12-15,28H,1-4,16-21,26-27H2,5-11H3. The van der Waals surface area contributed by atoms with Crippen LogP contribution in [-0.2, 0) is 0 Å². The summed E-state index contributed by atoms with van der Waals surface area (Å²) in [5.74, 6) is 0. The highest BCUT2D eigenvalue weighted by Gasteiger charge is 2.26. The molecule has 30 heavy (non-hydrogen) atoms. The molecule has 0 aliphatic carbocycles. The molecule has 0 heterocycles. The molecule has 0 aromatic rings. The first-order chi connectivity index (χ1) is 13.9. The first-order valence-electron chi connectivity index (χ1n) is 11.4. The van der Waals surface area contributed by atoms with Gasteiger partial charge in [-0.3, -0.25) is 0 Å². The lowest BCUT2D eigenvalue weighted by Crippen LogP contribution is -2.53. The van der Waals surface area contributed by atoms with Crippen LogP contribution in [0.3, 0.4) is 0 Å². The third-order valence-electron chi connectivity index (χ3n) is 6.38. The van der Waals surface area contributed by atoms with Crippen molar-refractivity contribution in [2.45, 2.75) is 39.3 Å². The fourth-order valence-corrected chi connectivity index (χ4v) is 10.8. The summed E-state index contributed by atoms with van der Waals surface area (Å²) in [5.41, 5.74) is 8.77. The van der Waals surface area contributed by atoms with Crippen molar-refractivity contribution < 1.29 is 0 Å². The maximum Gasteiger partial charge on any atom is 0.146 e. The molecule has 0 aromatic carbocycles. The Hall–Kier alpha value is -0.116. The van der Waals surface area contributed by atoms with Gasteiger partial charge in [0.05, 0.1) is 0 Å². The van der Waals surface area contributed by atoms with Crippen LogP contribution in [0.2, 0.25) is 39.3 Å². The van der Waals surface area contributed by atoms with Crippen LogP contribution in [0.15, 0.2) is 49.1 Å². The van der Waals surface area contributed by atoms with E-state index in [2.05, 4.69) is 113 Å². The van der Waals surface area contributed by atoms with Crippen molar-refractivity contribution in [2.75, 3.05) is 46.3 Å². The topological polar surface area (TPSA) is 13.0 Å². The van der Waals surface area contributed by atoms with Gasteiger partial charge in [-0.15, -0.1) is 26.3 Å². The SMILES string of the molecule is C=C[SiH2]N(CCN(CCN([SiH2]C=C)[Si](C)(C)C=C)[SiH](C)C)CCN(C)[Si](C)(C)C=C. The first kappa shape index (κ1) is 29.9. The van der Waals surface area contributed by atoms with E-state index in [-0.39, 0.29) is 19.4 Å². The lowest BCUT2D eigenvalue weighted by atomic mass is 10.5. The molecule has 0 saturated carbocycles. The molecule has 0 aliphatic heterocycles. The van der Waals surface area contributed by atoms with Crippen molar-refractivity contribution in [1.82, 2.24) is 17.9 Å². The van der Waals surface area contributed by atoms with E-state index in [0.29, 0.717) is 0 Å². The lowest BCUT2D eigenvalue weighted by Gasteiger charge is -2.37. The minimum absolute atomic E-state index is 0.363. The number of hydrogen-bond donors (Lipinski definition) is 0.